The molecule has 0 saturated carbocycles. The Bertz CT molecular complexity index is 388. The van der Waals surface area contributed by atoms with Gasteiger partial charge in [-0.25, -0.2) is 8.42 Å². The zero-order valence-electron chi connectivity index (χ0n) is 15.8. The van der Waals surface area contributed by atoms with E-state index in [1.54, 1.807) is 0 Å². The van der Waals surface area contributed by atoms with Gasteiger partial charge < -0.3 is 18.5 Å². The van der Waals surface area contributed by atoms with Crippen molar-refractivity contribution in [3.05, 3.63) is 0 Å². The van der Waals surface area contributed by atoms with Gasteiger partial charge in [0.1, 0.15) is 6.54 Å². The molecule has 0 spiro atoms. The van der Waals surface area contributed by atoms with Crippen molar-refractivity contribution in [3.63, 3.8) is 0 Å². The van der Waals surface area contributed by atoms with Crippen molar-refractivity contribution in [2.75, 3.05) is 58.9 Å². The molecule has 0 N–H and O–H groups in total. The molecule has 1 atom stereocenters. The molecule has 24 heavy (non-hydrogen) atoms. The lowest BCUT2D eigenvalue weighted by Gasteiger charge is -2.35. The van der Waals surface area contributed by atoms with Crippen LogP contribution in [0.2, 0.25) is 0 Å². The molecule has 0 amide bonds. The highest BCUT2D eigenvalue weighted by Gasteiger charge is 2.20. The van der Waals surface area contributed by atoms with Crippen LogP contribution in [-0.4, -0.2) is 76.3 Å². The normalized spacial score (nSPS) is 14.7. The van der Waals surface area contributed by atoms with Crippen molar-refractivity contribution >= 4 is 10.1 Å². The first-order valence-electron chi connectivity index (χ1n) is 9.25. The molecular formula is C17H37NO5S. The third kappa shape index (κ3) is 15.3. The predicted molar refractivity (Wildman–Crippen MR) is 96.0 cm³/mol. The van der Waals surface area contributed by atoms with Gasteiger partial charge in [0, 0.05) is 12.4 Å². The molecule has 0 aromatic heterocycles. The smallest absolute Gasteiger partial charge is 0.102 e. The van der Waals surface area contributed by atoms with Gasteiger partial charge in [-0.2, -0.15) is 0 Å². The van der Waals surface area contributed by atoms with E-state index in [-0.39, 0.29) is 5.75 Å². The lowest BCUT2D eigenvalue weighted by molar-refractivity contribution is -0.910. The minimum Gasteiger partial charge on any atom is -0.748 e. The fourth-order valence-corrected chi connectivity index (χ4v) is 3.23. The minimum absolute atomic E-state index is 0.256. The molecule has 0 rings (SSSR count). The average Bonchev–Trinajstić information content (AvgIpc) is 2.51. The summed E-state index contributed by atoms with van der Waals surface area (Å²) >= 11 is 0. The lowest BCUT2D eigenvalue weighted by atomic mass is 10.1. The van der Waals surface area contributed by atoms with E-state index in [1.807, 2.05) is 6.92 Å². The van der Waals surface area contributed by atoms with Crippen LogP contribution in [0.3, 0.4) is 0 Å². The molecule has 6 nitrogen and oxygen atoms in total. The van der Waals surface area contributed by atoms with Crippen LogP contribution in [0.15, 0.2) is 0 Å². The zero-order valence-corrected chi connectivity index (χ0v) is 16.6. The Balaban J connectivity index is 4.16. The monoisotopic (exact) mass is 367 g/mol. The van der Waals surface area contributed by atoms with Gasteiger partial charge in [-0.3, -0.25) is 0 Å². The predicted octanol–water partition coefficient (Wildman–Crippen LogP) is 2.39. The highest BCUT2D eigenvalue weighted by molar-refractivity contribution is 7.85. The highest BCUT2D eigenvalue weighted by Crippen LogP contribution is 2.11. The maximum atomic E-state index is 10.7. The number of likely N-dealkylation sites (N-methyl/N-ethyl adjacent to an activating group) is 1. The molecule has 0 aliphatic rings. The lowest BCUT2D eigenvalue weighted by Crippen LogP contribution is -2.48. The number of quaternary nitrogens is 1. The number of nitrogens with zero attached hydrogens (tertiary/aromatic N) is 1. The molecule has 0 aromatic carbocycles. The molecule has 1 unspecified atom stereocenters. The molecule has 0 saturated heterocycles. The second kappa shape index (κ2) is 14.0. The summed E-state index contributed by atoms with van der Waals surface area (Å²) in [6.07, 6.45) is 6.06. The quantitative estimate of drug-likeness (QED) is 0.224. The summed E-state index contributed by atoms with van der Waals surface area (Å²) < 4.78 is 43.9. The van der Waals surface area contributed by atoms with Gasteiger partial charge in [-0.15, -0.1) is 0 Å². The molecule has 0 bridgehead atoms. The molecular weight excluding hydrogens is 330 g/mol. The molecule has 0 fully saturated rings. The van der Waals surface area contributed by atoms with Crippen molar-refractivity contribution in [2.45, 2.75) is 52.4 Å². The largest absolute Gasteiger partial charge is 0.748 e. The first-order chi connectivity index (χ1) is 11.3. The second-order valence-electron chi connectivity index (χ2n) is 6.63. The van der Waals surface area contributed by atoms with Crippen LogP contribution in [-0.2, 0) is 19.6 Å². The summed E-state index contributed by atoms with van der Waals surface area (Å²) in [5.74, 6) is -0.256. The third-order valence-corrected chi connectivity index (χ3v) is 5.03. The van der Waals surface area contributed by atoms with Crippen LogP contribution in [0.1, 0.15) is 52.4 Å². The maximum Gasteiger partial charge on any atom is 0.102 e. The summed E-state index contributed by atoms with van der Waals surface area (Å²) in [5, 5.41) is 0. The van der Waals surface area contributed by atoms with E-state index in [2.05, 4.69) is 14.0 Å². The van der Waals surface area contributed by atoms with Gasteiger partial charge in [0.25, 0.3) is 0 Å². The van der Waals surface area contributed by atoms with Crippen molar-refractivity contribution in [1.82, 2.24) is 0 Å². The Hall–Kier alpha value is -0.210. The van der Waals surface area contributed by atoms with Gasteiger partial charge in [-0.1, -0.05) is 19.8 Å². The van der Waals surface area contributed by atoms with E-state index in [0.717, 1.165) is 30.5 Å². The standard InChI is InChI=1S/C17H37NO5S/c1-4-6-7-8-11-18(3,12-9-10-17-24(19,20)21)13-14-23-16-15-22-5-2/h4-17H2,1-3H3. The first-order valence-corrected chi connectivity index (χ1v) is 10.8. The third-order valence-electron chi connectivity index (χ3n) is 4.25. The van der Waals surface area contributed by atoms with Gasteiger partial charge >= 0.3 is 0 Å². The average molecular weight is 368 g/mol. The van der Waals surface area contributed by atoms with Crippen LogP contribution in [0.4, 0.5) is 0 Å². The molecule has 0 aliphatic carbocycles. The fraction of sp³-hybridized carbons (Fsp3) is 1.00. The van der Waals surface area contributed by atoms with E-state index in [1.165, 1.54) is 25.7 Å². The van der Waals surface area contributed by atoms with Crippen LogP contribution in [0.25, 0.3) is 0 Å². The summed E-state index contributed by atoms with van der Waals surface area (Å²) in [4.78, 5) is 0. The van der Waals surface area contributed by atoms with Crippen molar-refractivity contribution in [2.24, 2.45) is 0 Å². The highest BCUT2D eigenvalue weighted by atomic mass is 32.2. The summed E-state index contributed by atoms with van der Waals surface area (Å²) in [6.45, 7) is 9.64. The van der Waals surface area contributed by atoms with Crippen molar-refractivity contribution in [3.8, 4) is 0 Å². The number of rotatable bonds is 17. The Labute approximate surface area is 148 Å². The Morgan fingerprint density at radius 1 is 0.833 bits per heavy atom. The van der Waals surface area contributed by atoms with Crippen LogP contribution in [0, 0.1) is 0 Å². The van der Waals surface area contributed by atoms with Crippen LogP contribution < -0.4 is 0 Å². The number of ether oxygens (including phenoxy) is 2. The van der Waals surface area contributed by atoms with Gasteiger partial charge in [-0.05, 0) is 32.6 Å². The fourth-order valence-electron chi connectivity index (χ4n) is 2.68. The van der Waals surface area contributed by atoms with Crippen molar-refractivity contribution < 1.29 is 26.9 Å². The number of hydrogen-bond donors (Lipinski definition) is 0. The van der Waals surface area contributed by atoms with Gasteiger partial charge in [0.05, 0.1) is 50.1 Å². The molecule has 0 radical (unpaired) electrons. The minimum atomic E-state index is -4.09. The van der Waals surface area contributed by atoms with E-state index in [4.69, 9.17) is 9.47 Å². The number of hydrogen-bond acceptors (Lipinski definition) is 5. The Kier molecular flexibility index (Phi) is 13.9. The van der Waals surface area contributed by atoms with Crippen molar-refractivity contribution in [1.29, 1.82) is 0 Å². The number of unbranched alkanes of at least 4 members (excludes halogenated alkanes) is 4. The maximum absolute atomic E-state index is 10.7. The summed E-state index contributed by atoms with van der Waals surface area (Å²) in [6, 6.07) is 0. The van der Waals surface area contributed by atoms with Gasteiger partial charge in [0.2, 0.25) is 0 Å². The topological polar surface area (TPSA) is 75.7 Å². The van der Waals surface area contributed by atoms with Crippen LogP contribution >= 0.6 is 0 Å². The van der Waals surface area contributed by atoms with Gasteiger partial charge in [0.15, 0.2) is 0 Å². The molecule has 146 valence electrons. The molecule has 0 aromatic rings. The Morgan fingerprint density at radius 3 is 2.04 bits per heavy atom. The van der Waals surface area contributed by atoms with E-state index in [0.29, 0.717) is 32.8 Å². The summed E-state index contributed by atoms with van der Waals surface area (Å²) in [7, 11) is -1.89. The van der Waals surface area contributed by atoms with E-state index >= 15 is 0 Å². The Morgan fingerprint density at radius 2 is 1.46 bits per heavy atom. The first kappa shape index (κ1) is 23.8. The van der Waals surface area contributed by atoms with E-state index in [9.17, 15) is 13.0 Å². The molecule has 7 heteroatoms. The zero-order chi connectivity index (χ0) is 18.3. The molecule has 0 heterocycles. The second-order valence-corrected chi connectivity index (χ2v) is 8.15. The molecule has 0 aliphatic heterocycles. The van der Waals surface area contributed by atoms with E-state index < -0.39 is 10.1 Å². The summed E-state index contributed by atoms with van der Waals surface area (Å²) in [5.41, 5.74) is 0. The SMILES string of the molecule is CCCCCC[N+](C)(CCCCS(=O)(=O)[O-])CCOCCOCC. The van der Waals surface area contributed by atoms with Crippen LogP contribution in [0.5, 0.6) is 0 Å².